The molecule has 0 heterocycles. The van der Waals surface area contributed by atoms with Crippen LogP contribution in [0.3, 0.4) is 0 Å². The van der Waals surface area contributed by atoms with Gasteiger partial charge in [-0.25, -0.2) is 4.57 Å². The predicted molar refractivity (Wildman–Crippen MR) is 261 cm³/mol. The van der Waals surface area contributed by atoms with Crippen LogP contribution in [-0.4, -0.2) is 49.9 Å². The summed E-state index contributed by atoms with van der Waals surface area (Å²) >= 11 is 0. The minimum absolute atomic E-state index is 0.0896. The summed E-state index contributed by atoms with van der Waals surface area (Å²) in [5.74, 6) is -0.320. The fraction of sp³-hybridized carbons (Fsp3) is 0.981. The molecule has 8 nitrogen and oxygen atoms in total. The first-order valence-corrected chi connectivity index (χ1v) is 28.5. The molecule has 0 amide bonds. The topological polar surface area (TPSA) is 117 Å². The number of carbonyl (C=O) groups is 1. The number of carbonyl (C=O) groups excluding carboxylic acids is 1. The summed E-state index contributed by atoms with van der Waals surface area (Å²) < 4.78 is 33.6. The second-order valence-corrected chi connectivity index (χ2v) is 19.9. The van der Waals surface area contributed by atoms with Crippen molar-refractivity contribution in [3.8, 4) is 0 Å². The average molecular weight is 888 g/mol. The summed E-state index contributed by atoms with van der Waals surface area (Å²) in [4.78, 5) is 22.6. The molecule has 0 saturated heterocycles. The Kier molecular flexibility index (Phi) is 50.1. The highest BCUT2D eigenvalue weighted by Crippen LogP contribution is 2.43. The molecule has 0 radical (unpaired) electrons. The Hall–Kier alpha value is -0.500. The van der Waals surface area contributed by atoms with Crippen LogP contribution in [0.5, 0.6) is 0 Å². The summed E-state index contributed by atoms with van der Waals surface area (Å²) in [6.45, 7) is 5.02. The lowest BCUT2D eigenvalue weighted by Crippen LogP contribution is -2.28. The van der Waals surface area contributed by atoms with Crippen molar-refractivity contribution < 1.29 is 32.8 Å². The Morgan fingerprint density at radius 2 is 0.721 bits per heavy atom. The maximum absolute atomic E-state index is 12.7. The highest BCUT2D eigenvalue weighted by molar-refractivity contribution is 7.47. The van der Waals surface area contributed by atoms with E-state index in [9.17, 15) is 14.3 Å². The van der Waals surface area contributed by atoms with Gasteiger partial charge in [0.2, 0.25) is 0 Å². The Balaban J connectivity index is 3.83. The first-order valence-electron chi connectivity index (χ1n) is 27.0. The third-order valence-corrected chi connectivity index (χ3v) is 13.3. The van der Waals surface area contributed by atoms with Crippen molar-refractivity contribution in [2.45, 2.75) is 296 Å². The maximum atomic E-state index is 12.7. The van der Waals surface area contributed by atoms with Crippen LogP contribution in [0.4, 0.5) is 0 Å². The van der Waals surface area contributed by atoms with Crippen LogP contribution in [0.15, 0.2) is 0 Å². The van der Waals surface area contributed by atoms with E-state index in [1.165, 1.54) is 238 Å². The molecule has 9 heteroatoms. The summed E-state index contributed by atoms with van der Waals surface area (Å²) in [5, 5.41) is 0. The van der Waals surface area contributed by atoms with Gasteiger partial charge in [-0.15, -0.1) is 0 Å². The number of esters is 1. The lowest BCUT2D eigenvalue weighted by atomic mass is 10.0. The third kappa shape index (κ3) is 50.4. The molecule has 0 aromatic rings. The number of rotatable bonds is 53. The van der Waals surface area contributed by atoms with Crippen LogP contribution in [0.2, 0.25) is 0 Å². The maximum Gasteiger partial charge on any atom is 0.472 e. The minimum atomic E-state index is -4.28. The molecule has 61 heavy (non-hydrogen) atoms. The van der Waals surface area contributed by atoms with Crippen LogP contribution < -0.4 is 5.73 Å². The van der Waals surface area contributed by atoms with Gasteiger partial charge >= 0.3 is 13.8 Å². The summed E-state index contributed by atoms with van der Waals surface area (Å²) in [5.41, 5.74) is 5.39. The molecular formula is C52H106NO7P. The quantitative estimate of drug-likeness (QED) is 0.0352. The zero-order chi connectivity index (χ0) is 44.4. The molecule has 0 aliphatic rings. The molecule has 0 saturated carbocycles. The Morgan fingerprint density at radius 3 is 1.03 bits per heavy atom. The predicted octanol–water partition coefficient (Wildman–Crippen LogP) is 16.8. The average Bonchev–Trinajstić information content (AvgIpc) is 3.25. The van der Waals surface area contributed by atoms with Gasteiger partial charge in [-0.05, 0) is 12.8 Å². The van der Waals surface area contributed by atoms with Gasteiger partial charge in [0.1, 0.15) is 6.10 Å². The lowest BCUT2D eigenvalue weighted by Gasteiger charge is -2.20. The highest BCUT2D eigenvalue weighted by Gasteiger charge is 2.25. The van der Waals surface area contributed by atoms with Crippen LogP contribution >= 0.6 is 7.82 Å². The largest absolute Gasteiger partial charge is 0.472 e. The van der Waals surface area contributed by atoms with E-state index in [4.69, 9.17) is 24.3 Å². The normalized spacial score (nSPS) is 13.2. The van der Waals surface area contributed by atoms with E-state index in [1.54, 1.807) is 0 Å². The van der Waals surface area contributed by atoms with Crippen molar-refractivity contribution in [3.63, 3.8) is 0 Å². The van der Waals surface area contributed by atoms with Crippen molar-refractivity contribution in [1.29, 1.82) is 0 Å². The molecule has 0 aliphatic heterocycles. The Morgan fingerprint density at radius 1 is 0.426 bits per heavy atom. The second-order valence-electron chi connectivity index (χ2n) is 18.5. The van der Waals surface area contributed by atoms with Crippen LogP contribution in [0.1, 0.15) is 290 Å². The molecule has 2 atom stereocenters. The summed E-state index contributed by atoms with van der Waals surface area (Å²) in [7, 11) is -4.28. The van der Waals surface area contributed by atoms with Crippen molar-refractivity contribution in [3.05, 3.63) is 0 Å². The van der Waals surface area contributed by atoms with E-state index in [-0.39, 0.29) is 32.3 Å². The van der Waals surface area contributed by atoms with Gasteiger partial charge in [0.25, 0.3) is 0 Å². The van der Waals surface area contributed by atoms with Gasteiger partial charge in [0.05, 0.1) is 19.8 Å². The van der Waals surface area contributed by atoms with Gasteiger partial charge in [-0.3, -0.25) is 13.8 Å². The van der Waals surface area contributed by atoms with Crippen LogP contribution in [0.25, 0.3) is 0 Å². The van der Waals surface area contributed by atoms with Gasteiger partial charge in [-0.1, -0.05) is 271 Å². The van der Waals surface area contributed by atoms with E-state index in [1.807, 2.05) is 0 Å². The monoisotopic (exact) mass is 888 g/mol. The van der Waals surface area contributed by atoms with Gasteiger partial charge < -0.3 is 20.1 Å². The molecule has 3 N–H and O–H groups in total. The Labute approximate surface area is 380 Å². The van der Waals surface area contributed by atoms with Crippen molar-refractivity contribution in [2.75, 3.05) is 33.0 Å². The standard InChI is InChI=1S/C52H106NO7P/c1-3-5-7-9-11-13-15-17-19-21-23-24-25-26-27-28-30-32-34-36-38-40-42-44-47-57-49-51(50-59-61(55,56)58-48-46-53)60-52(54)45-43-41-39-37-35-33-31-29-22-20-18-16-14-12-10-8-6-4-2/h51H,3-50,53H2,1-2H3,(H,55,56). The SMILES string of the molecule is CCCCCCCCCCCCCCCCCCCCCCCCCCOCC(COP(=O)(O)OCCN)OC(=O)CCCCCCCCCCCCCCCCCCCC. The van der Waals surface area contributed by atoms with Crippen molar-refractivity contribution in [1.82, 2.24) is 0 Å². The highest BCUT2D eigenvalue weighted by atomic mass is 31.2. The number of unbranched alkanes of at least 4 members (excludes halogenated alkanes) is 40. The number of hydrogen-bond acceptors (Lipinski definition) is 7. The minimum Gasteiger partial charge on any atom is -0.457 e. The molecular weight excluding hydrogens is 782 g/mol. The molecule has 2 unspecified atom stereocenters. The smallest absolute Gasteiger partial charge is 0.457 e. The fourth-order valence-electron chi connectivity index (χ4n) is 8.30. The first kappa shape index (κ1) is 60.5. The molecule has 0 spiro atoms. The fourth-order valence-corrected chi connectivity index (χ4v) is 9.06. The molecule has 0 aromatic carbocycles. The van der Waals surface area contributed by atoms with Crippen LogP contribution in [-0.2, 0) is 27.9 Å². The van der Waals surface area contributed by atoms with Crippen LogP contribution in [0, 0.1) is 0 Å². The lowest BCUT2D eigenvalue weighted by molar-refractivity contribution is -0.154. The molecule has 0 aliphatic carbocycles. The van der Waals surface area contributed by atoms with E-state index < -0.39 is 13.9 Å². The molecule has 366 valence electrons. The summed E-state index contributed by atoms with van der Waals surface area (Å²) in [6, 6.07) is 0. The summed E-state index contributed by atoms with van der Waals surface area (Å²) in [6.07, 6.45) is 55.8. The van der Waals surface area contributed by atoms with Gasteiger partial charge in [-0.2, -0.15) is 0 Å². The van der Waals surface area contributed by atoms with Gasteiger partial charge in [0, 0.05) is 19.6 Å². The Bertz CT molecular complexity index is 909. The van der Waals surface area contributed by atoms with E-state index >= 15 is 0 Å². The van der Waals surface area contributed by atoms with E-state index in [2.05, 4.69) is 13.8 Å². The first-order chi connectivity index (χ1) is 29.9. The number of nitrogens with two attached hydrogens (primary N) is 1. The van der Waals surface area contributed by atoms with Crippen molar-refractivity contribution in [2.24, 2.45) is 5.73 Å². The van der Waals surface area contributed by atoms with E-state index in [0.29, 0.717) is 13.0 Å². The molecule has 0 aromatic heterocycles. The zero-order valence-electron chi connectivity index (χ0n) is 40.9. The molecule has 0 fully saturated rings. The number of phosphoric acid groups is 1. The third-order valence-electron chi connectivity index (χ3n) is 12.3. The molecule has 0 bridgehead atoms. The van der Waals surface area contributed by atoms with Crippen molar-refractivity contribution >= 4 is 13.8 Å². The number of phosphoric ester groups is 1. The van der Waals surface area contributed by atoms with E-state index in [0.717, 1.165) is 32.1 Å². The number of hydrogen-bond donors (Lipinski definition) is 2. The zero-order valence-corrected chi connectivity index (χ0v) is 41.8. The van der Waals surface area contributed by atoms with Gasteiger partial charge in [0.15, 0.2) is 0 Å². The second kappa shape index (κ2) is 50.5. The molecule has 0 rings (SSSR count). The number of ether oxygens (including phenoxy) is 2.